The Labute approximate surface area is 114 Å². The van der Waals surface area contributed by atoms with E-state index in [4.69, 9.17) is 20.7 Å². The van der Waals surface area contributed by atoms with Crippen molar-refractivity contribution in [2.45, 2.75) is 6.61 Å². The summed E-state index contributed by atoms with van der Waals surface area (Å²) >= 11 is 0. The number of hydrogen-bond acceptors (Lipinski definition) is 4. The summed E-state index contributed by atoms with van der Waals surface area (Å²) < 4.78 is 19.0. The number of ether oxygens (including phenoxy) is 1. The van der Waals surface area contributed by atoms with Crippen molar-refractivity contribution in [3.05, 3.63) is 53.3 Å². The van der Waals surface area contributed by atoms with Gasteiger partial charge in [0.1, 0.15) is 5.75 Å². The van der Waals surface area contributed by atoms with E-state index in [1.54, 1.807) is 24.3 Å². The molecule has 2 aromatic rings. The van der Waals surface area contributed by atoms with Crippen LogP contribution in [0.5, 0.6) is 11.5 Å². The summed E-state index contributed by atoms with van der Waals surface area (Å²) in [5, 5.41) is 17.8. The first kappa shape index (κ1) is 13.8. The molecule has 104 valence electrons. The minimum atomic E-state index is -1.26. The Morgan fingerprint density at radius 2 is 1.90 bits per heavy atom. The van der Waals surface area contributed by atoms with Crippen molar-refractivity contribution in [1.29, 1.82) is 0 Å². The highest BCUT2D eigenvalue weighted by atomic mass is 19.1. The quantitative estimate of drug-likeness (QED) is 0.746. The number of rotatable bonds is 4. The van der Waals surface area contributed by atoms with Crippen LogP contribution in [0.4, 0.5) is 10.1 Å². The van der Waals surface area contributed by atoms with Crippen LogP contribution in [0.2, 0.25) is 0 Å². The Morgan fingerprint density at radius 1 is 1.25 bits per heavy atom. The molecule has 4 N–H and O–H groups in total. The minimum Gasteiger partial charge on any atom is -0.478 e. The molecule has 0 unspecified atom stereocenters. The van der Waals surface area contributed by atoms with Gasteiger partial charge in [0.05, 0.1) is 12.2 Å². The Bertz CT molecular complexity index is 640. The molecule has 6 heteroatoms. The predicted octanol–water partition coefficient (Wildman–Crippen LogP) is 2.39. The number of aromatic carboxylic acids is 1. The fourth-order valence-corrected chi connectivity index (χ4v) is 1.62. The second kappa shape index (κ2) is 5.58. The van der Waals surface area contributed by atoms with Gasteiger partial charge < -0.3 is 20.7 Å². The molecule has 0 heterocycles. The van der Waals surface area contributed by atoms with Crippen LogP contribution in [-0.4, -0.2) is 16.2 Å². The van der Waals surface area contributed by atoms with Gasteiger partial charge in [0.2, 0.25) is 0 Å². The van der Waals surface area contributed by atoms with Gasteiger partial charge in [-0.3, -0.25) is 0 Å². The van der Waals surface area contributed by atoms with E-state index < -0.39 is 11.8 Å². The zero-order chi connectivity index (χ0) is 14.7. The molecular formula is C14H12FNO4. The summed E-state index contributed by atoms with van der Waals surface area (Å²) in [7, 11) is 0. The molecular weight excluding hydrogens is 265 g/mol. The summed E-state index contributed by atoms with van der Waals surface area (Å²) in [6.45, 7) is -0.111. The van der Waals surface area contributed by atoms with Crippen molar-refractivity contribution >= 4 is 11.7 Å². The van der Waals surface area contributed by atoms with Crippen molar-refractivity contribution in [2.24, 2.45) is 0 Å². The molecule has 0 aliphatic rings. The van der Waals surface area contributed by atoms with E-state index in [1.165, 1.54) is 0 Å². The van der Waals surface area contributed by atoms with E-state index in [1.807, 2.05) is 0 Å². The number of benzene rings is 2. The summed E-state index contributed by atoms with van der Waals surface area (Å²) in [5.74, 6) is -1.92. The van der Waals surface area contributed by atoms with E-state index in [9.17, 15) is 9.18 Å². The van der Waals surface area contributed by atoms with Crippen molar-refractivity contribution in [3.63, 3.8) is 0 Å². The third kappa shape index (κ3) is 2.86. The monoisotopic (exact) mass is 277 g/mol. The maximum atomic E-state index is 13.7. The highest BCUT2D eigenvalue weighted by Gasteiger charge is 2.14. The van der Waals surface area contributed by atoms with Crippen LogP contribution in [0.15, 0.2) is 36.4 Å². The van der Waals surface area contributed by atoms with Gasteiger partial charge in [0.25, 0.3) is 0 Å². The minimum absolute atomic E-state index is 0.111. The van der Waals surface area contributed by atoms with E-state index in [0.29, 0.717) is 11.3 Å². The third-order valence-corrected chi connectivity index (χ3v) is 2.67. The van der Waals surface area contributed by atoms with E-state index in [-0.39, 0.29) is 23.6 Å². The van der Waals surface area contributed by atoms with Gasteiger partial charge in [-0.15, -0.1) is 0 Å². The Kier molecular flexibility index (Phi) is 3.86. The molecule has 0 aromatic heterocycles. The van der Waals surface area contributed by atoms with Crippen molar-refractivity contribution in [2.75, 3.05) is 5.73 Å². The summed E-state index contributed by atoms with van der Waals surface area (Å²) in [6.07, 6.45) is 0. The number of halogens is 1. The summed E-state index contributed by atoms with van der Waals surface area (Å²) in [5.41, 5.74) is 5.70. The fraction of sp³-hybridized carbons (Fsp3) is 0.0714. The number of hydrogen-bond donors (Lipinski definition) is 3. The molecule has 0 aliphatic carbocycles. The number of aliphatic hydroxyl groups is 1. The SMILES string of the molecule is Nc1cc(F)c(Oc2ccc(CO)cc2)cc1C(=O)O. The zero-order valence-electron chi connectivity index (χ0n) is 10.3. The molecule has 5 nitrogen and oxygen atoms in total. The van der Waals surface area contributed by atoms with Gasteiger partial charge in [-0.2, -0.15) is 0 Å². The molecule has 0 atom stereocenters. The van der Waals surface area contributed by atoms with Crippen molar-refractivity contribution < 1.29 is 24.1 Å². The van der Waals surface area contributed by atoms with E-state index >= 15 is 0 Å². The van der Waals surface area contributed by atoms with Crippen LogP contribution in [0.1, 0.15) is 15.9 Å². The van der Waals surface area contributed by atoms with E-state index in [0.717, 1.165) is 12.1 Å². The molecule has 0 amide bonds. The highest BCUT2D eigenvalue weighted by Crippen LogP contribution is 2.28. The zero-order valence-corrected chi connectivity index (χ0v) is 10.3. The number of carbonyl (C=O) groups is 1. The Morgan fingerprint density at radius 3 is 2.45 bits per heavy atom. The lowest BCUT2D eigenvalue weighted by atomic mass is 10.1. The molecule has 0 fully saturated rings. The Hall–Kier alpha value is -2.60. The Balaban J connectivity index is 2.32. The highest BCUT2D eigenvalue weighted by molar-refractivity contribution is 5.94. The van der Waals surface area contributed by atoms with Gasteiger partial charge in [-0.1, -0.05) is 12.1 Å². The van der Waals surface area contributed by atoms with Gasteiger partial charge in [-0.25, -0.2) is 9.18 Å². The van der Waals surface area contributed by atoms with Crippen molar-refractivity contribution in [1.82, 2.24) is 0 Å². The van der Waals surface area contributed by atoms with Crippen LogP contribution in [0.25, 0.3) is 0 Å². The van der Waals surface area contributed by atoms with Gasteiger partial charge in [0.15, 0.2) is 11.6 Å². The number of nitrogen functional groups attached to an aromatic ring is 1. The molecule has 20 heavy (non-hydrogen) atoms. The standard InChI is InChI=1S/C14H12FNO4/c15-11-6-12(16)10(14(18)19)5-13(11)20-9-3-1-8(7-17)2-4-9/h1-6,17H,7,16H2,(H,18,19). The van der Waals surface area contributed by atoms with Crippen LogP contribution in [0.3, 0.4) is 0 Å². The van der Waals surface area contributed by atoms with Crippen molar-refractivity contribution in [3.8, 4) is 11.5 Å². The predicted molar refractivity (Wildman–Crippen MR) is 70.2 cm³/mol. The number of aliphatic hydroxyl groups excluding tert-OH is 1. The summed E-state index contributed by atoms with van der Waals surface area (Å²) in [6, 6.07) is 8.25. The average Bonchev–Trinajstić information content (AvgIpc) is 2.42. The lowest BCUT2D eigenvalue weighted by Gasteiger charge is -2.09. The van der Waals surface area contributed by atoms with E-state index in [2.05, 4.69) is 0 Å². The van der Waals surface area contributed by atoms with Crippen LogP contribution >= 0.6 is 0 Å². The third-order valence-electron chi connectivity index (χ3n) is 2.67. The molecule has 0 bridgehead atoms. The first-order valence-electron chi connectivity index (χ1n) is 5.71. The smallest absolute Gasteiger partial charge is 0.337 e. The normalized spacial score (nSPS) is 10.3. The van der Waals surface area contributed by atoms with Crippen LogP contribution in [0, 0.1) is 5.82 Å². The number of anilines is 1. The molecule has 0 saturated heterocycles. The number of carboxylic acids is 1. The maximum absolute atomic E-state index is 13.7. The first-order valence-corrected chi connectivity index (χ1v) is 5.71. The largest absolute Gasteiger partial charge is 0.478 e. The molecule has 0 saturated carbocycles. The van der Waals surface area contributed by atoms with Gasteiger partial charge in [0, 0.05) is 17.8 Å². The molecule has 0 aliphatic heterocycles. The van der Waals surface area contributed by atoms with Gasteiger partial charge in [-0.05, 0) is 17.7 Å². The summed E-state index contributed by atoms with van der Waals surface area (Å²) in [4.78, 5) is 10.9. The number of nitrogens with two attached hydrogens (primary N) is 1. The molecule has 0 spiro atoms. The lowest BCUT2D eigenvalue weighted by molar-refractivity contribution is 0.0697. The second-order valence-electron chi connectivity index (χ2n) is 4.08. The topological polar surface area (TPSA) is 92.8 Å². The molecule has 2 rings (SSSR count). The molecule has 0 radical (unpaired) electrons. The van der Waals surface area contributed by atoms with Crippen LogP contribution in [-0.2, 0) is 6.61 Å². The average molecular weight is 277 g/mol. The maximum Gasteiger partial charge on any atom is 0.337 e. The fourth-order valence-electron chi connectivity index (χ4n) is 1.62. The first-order chi connectivity index (χ1) is 9.51. The second-order valence-corrected chi connectivity index (χ2v) is 4.08. The molecule has 2 aromatic carbocycles. The van der Waals surface area contributed by atoms with Gasteiger partial charge >= 0.3 is 5.97 Å². The lowest BCUT2D eigenvalue weighted by Crippen LogP contribution is -2.04. The number of carboxylic acid groups (broad SMARTS) is 1. The van der Waals surface area contributed by atoms with Crippen LogP contribution < -0.4 is 10.5 Å².